The Balaban J connectivity index is 2.41. The normalized spacial score (nSPS) is 20.8. The van der Waals surface area contributed by atoms with Crippen LogP contribution in [0.5, 0.6) is 0 Å². The lowest BCUT2D eigenvalue weighted by Crippen LogP contribution is -2.48. The molecule has 0 saturated heterocycles. The molecule has 1 aliphatic rings. The number of anilines is 1. The van der Waals surface area contributed by atoms with Crippen LogP contribution in [0.1, 0.15) is 70.6 Å². The van der Waals surface area contributed by atoms with E-state index in [1.807, 2.05) is 0 Å². The van der Waals surface area contributed by atoms with Gasteiger partial charge < -0.3 is 10.2 Å². The maximum Gasteiger partial charge on any atom is 0.0408 e. The maximum atomic E-state index is 3.55. The molecular weight excluding hydrogens is 256 g/mol. The predicted molar refractivity (Wildman–Crippen MR) is 93.3 cm³/mol. The van der Waals surface area contributed by atoms with E-state index in [9.17, 15) is 0 Å². The molecule has 1 aromatic rings. The van der Waals surface area contributed by atoms with Crippen LogP contribution in [0.2, 0.25) is 0 Å². The van der Waals surface area contributed by atoms with Crippen molar-refractivity contribution in [2.45, 2.75) is 78.9 Å². The molecule has 0 fully saturated rings. The zero-order chi connectivity index (χ0) is 15.8. The second-order valence-electron chi connectivity index (χ2n) is 7.53. The number of hydrogen-bond donors (Lipinski definition) is 1. The van der Waals surface area contributed by atoms with Crippen molar-refractivity contribution in [3.63, 3.8) is 0 Å². The molecule has 1 aromatic carbocycles. The molecular formula is C19H32N2. The Morgan fingerprint density at radius 2 is 2.00 bits per heavy atom. The van der Waals surface area contributed by atoms with Gasteiger partial charge in [-0.2, -0.15) is 0 Å². The Hall–Kier alpha value is -1.02. The number of aryl methyl sites for hydroxylation is 1. The van der Waals surface area contributed by atoms with Gasteiger partial charge in [0.05, 0.1) is 0 Å². The molecule has 21 heavy (non-hydrogen) atoms. The fourth-order valence-electron chi connectivity index (χ4n) is 3.78. The first-order chi connectivity index (χ1) is 9.76. The lowest BCUT2D eigenvalue weighted by molar-refractivity contribution is 0.381. The maximum absolute atomic E-state index is 3.55. The minimum absolute atomic E-state index is 0.255. The molecule has 2 rings (SSSR count). The SMILES string of the molecule is CCN1c2cc(C)c(CNC(C)C)cc2[C@@H](C)CC1(C)C. The molecule has 0 amide bonds. The number of benzene rings is 1. The van der Waals surface area contributed by atoms with Crippen LogP contribution in [0.4, 0.5) is 5.69 Å². The van der Waals surface area contributed by atoms with Crippen LogP contribution in [-0.4, -0.2) is 18.1 Å². The van der Waals surface area contributed by atoms with Crippen molar-refractivity contribution in [3.8, 4) is 0 Å². The summed E-state index contributed by atoms with van der Waals surface area (Å²) in [5, 5.41) is 3.55. The third kappa shape index (κ3) is 3.26. The first-order valence-electron chi connectivity index (χ1n) is 8.40. The minimum Gasteiger partial charge on any atom is -0.366 e. The van der Waals surface area contributed by atoms with E-state index in [2.05, 4.69) is 70.8 Å². The highest BCUT2D eigenvalue weighted by Crippen LogP contribution is 2.44. The molecule has 0 saturated carbocycles. The van der Waals surface area contributed by atoms with E-state index in [4.69, 9.17) is 0 Å². The van der Waals surface area contributed by atoms with E-state index in [1.165, 1.54) is 28.8 Å². The lowest BCUT2D eigenvalue weighted by Gasteiger charge is -2.47. The zero-order valence-corrected chi connectivity index (χ0v) is 14.9. The molecule has 0 bridgehead atoms. The van der Waals surface area contributed by atoms with Gasteiger partial charge in [-0.05, 0) is 62.8 Å². The highest BCUT2D eigenvalue weighted by Gasteiger charge is 2.35. The monoisotopic (exact) mass is 288 g/mol. The van der Waals surface area contributed by atoms with Gasteiger partial charge in [-0.3, -0.25) is 0 Å². The van der Waals surface area contributed by atoms with Crippen molar-refractivity contribution in [3.05, 3.63) is 28.8 Å². The van der Waals surface area contributed by atoms with Gasteiger partial charge in [0.1, 0.15) is 0 Å². The summed E-state index contributed by atoms with van der Waals surface area (Å²) in [6, 6.07) is 5.39. The minimum atomic E-state index is 0.255. The third-order valence-electron chi connectivity index (χ3n) is 4.86. The molecule has 2 nitrogen and oxygen atoms in total. The van der Waals surface area contributed by atoms with Crippen molar-refractivity contribution in [1.29, 1.82) is 0 Å². The average molecular weight is 288 g/mol. The third-order valence-corrected chi connectivity index (χ3v) is 4.86. The van der Waals surface area contributed by atoms with Crippen molar-refractivity contribution >= 4 is 5.69 Å². The van der Waals surface area contributed by atoms with Crippen molar-refractivity contribution in [1.82, 2.24) is 5.32 Å². The first kappa shape index (κ1) is 16.4. The summed E-state index contributed by atoms with van der Waals surface area (Å²) >= 11 is 0. The first-order valence-corrected chi connectivity index (χ1v) is 8.40. The summed E-state index contributed by atoms with van der Waals surface area (Å²) in [4.78, 5) is 2.58. The van der Waals surface area contributed by atoms with Crippen molar-refractivity contribution in [2.75, 3.05) is 11.4 Å². The van der Waals surface area contributed by atoms with Gasteiger partial charge in [-0.25, -0.2) is 0 Å². The van der Waals surface area contributed by atoms with E-state index in [1.54, 1.807) is 0 Å². The predicted octanol–water partition coefficient (Wildman–Crippen LogP) is 4.61. The van der Waals surface area contributed by atoms with Gasteiger partial charge >= 0.3 is 0 Å². The van der Waals surface area contributed by atoms with E-state index in [-0.39, 0.29) is 5.54 Å². The Kier molecular flexibility index (Phi) is 4.67. The summed E-state index contributed by atoms with van der Waals surface area (Å²) < 4.78 is 0. The highest BCUT2D eigenvalue weighted by molar-refractivity contribution is 5.62. The highest BCUT2D eigenvalue weighted by atomic mass is 15.2. The summed E-state index contributed by atoms with van der Waals surface area (Å²) in [5.74, 6) is 0.635. The molecule has 0 spiro atoms. The molecule has 1 heterocycles. The summed E-state index contributed by atoms with van der Waals surface area (Å²) in [6.45, 7) is 18.1. The molecule has 0 unspecified atom stereocenters. The number of nitrogens with zero attached hydrogens (tertiary/aromatic N) is 1. The van der Waals surface area contributed by atoms with Crippen LogP contribution < -0.4 is 10.2 Å². The van der Waals surface area contributed by atoms with Crippen LogP contribution in [0, 0.1) is 6.92 Å². The van der Waals surface area contributed by atoms with Gasteiger partial charge in [-0.1, -0.05) is 26.8 Å². The fraction of sp³-hybridized carbons (Fsp3) is 0.684. The number of rotatable bonds is 4. The average Bonchev–Trinajstić information content (AvgIpc) is 2.36. The van der Waals surface area contributed by atoms with E-state index in [0.717, 1.165) is 13.1 Å². The number of fused-ring (bicyclic) bond motifs is 1. The quantitative estimate of drug-likeness (QED) is 0.870. The van der Waals surface area contributed by atoms with Crippen molar-refractivity contribution < 1.29 is 0 Å². The Morgan fingerprint density at radius 3 is 2.57 bits per heavy atom. The van der Waals surface area contributed by atoms with Crippen LogP contribution in [0.15, 0.2) is 12.1 Å². The second kappa shape index (κ2) is 6.00. The molecule has 0 aliphatic carbocycles. The second-order valence-corrected chi connectivity index (χ2v) is 7.53. The van der Waals surface area contributed by atoms with Gasteiger partial charge in [0.2, 0.25) is 0 Å². The standard InChI is InChI=1S/C19H32N2/c1-8-21-18-9-14(4)16(12-20-13(2)3)10-17(18)15(5)11-19(21,6)7/h9-10,13,15,20H,8,11-12H2,1-7H3/t15-/m0/s1. The van der Waals surface area contributed by atoms with E-state index in [0.29, 0.717) is 12.0 Å². The van der Waals surface area contributed by atoms with Crippen LogP contribution >= 0.6 is 0 Å². The molecule has 2 heteroatoms. The molecule has 1 N–H and O–H groups in total. The summed E-state index contributed by atoms with van der Waals surface area (Å²) in [5.41, 5.74) is 6.09. The van der Waals surface area contributed by atoms with Crippen LogP contribution in [-0.2, 0) is 6.54 Å². The Bertz CT molecular complexity index is 503. The van der Waals surface area contributed by atoms with E-state index >= 15 is 0 Å². The Labute approximate surface area is 130 Å². The summed E-state index contributed by atoms with van der Waals surface area (Å²) in [7, 11) is 0. The summed E-state index contributed by atoms with van der Waals surface area (Å²) in [6.07, 6.45) is 1.23. The topological polar surface area (TPSA) is 15.3 Å². The van der Waals surface area contributed by atoms with Crippen LogP contribution in [0.3, 0.4) is 0 Å². The smallest absolute Gasteiger partial charge is 0.0408 e. The van der Waals surface area contributed by atoms with Gasteiger partial charge in [0.25, 0.3) is 0 Å². The molecule has 1 aliphatic heterocycles. The molecule has 1 atom stereocenters. The largest absolute Gasteiger partial charge is 0.366 e. The molecule has 118 valence electrons. The van der Waals surface area contributed by atoms with Gasteiger partial charge in [0.15, 0.2) is 0 Å². The molecule has 0 aromatic heterocycles. The number of nitrogens with one attached hydrogen (secondary N) is 1. The van der Waals surface area contributed by atoms with Crippen LogP contribution in [0.25, 0.3) is 0 Å². The fourth-order valence-corrected chi connectivity index (χ4v) is 3.78. The van der Waals surface area contributed by atoms with Gasteiger partial charge in [0, 0.05) is 30.4 Å². The van der Waals surface area contributed by atoms with E-state index < -0.39 is 0 Å². The lowest BCUT2D eigenvalue weighted by atomic mass is 9.79. The van der Waals surface area contributed by atoms with Crippen molar-refractivity contribution in [2.24, 2.45) is 0 Å². The number of hydrogen-bond acceptors (Lipinski definition) is 2. The van der Waals surface area contributed by atoms with Gasteiger partial charge in [-0.15, -0.1) is 0 Å². The Morgan fingerprint density at radius 1 is 1.33 bits per heavy atom. The molecule has 0 radical (unpaired) electrons. The zero-order valence-electron chi connectivity index (χ0n) is 14.9.